The molecule has 7 heteroatoms. The maximum absolute atomic E-state index is 6.17. The molecule has 0 saturated carbocycles. The van der Waals surface area contributed by atoms with Gasteiger partial charge in [-0.15, -0.1) is 0 Å². The Morgan fingerprint density at radius 2 is 1.81 bits per heavy atom. The van der Waals surface area contributed by atoms with Crippen LogP contribution >= 0.6 is 0 Å². The topological polar surface area (TPSA) is 61.0 Å². The number of nitrogens with zero attached hydrogens (tertiary/aromatic N) is 6. The maximum Gasteiger partial charge on any atom is 0.178 e. The lowest BCUT2D eigenvalue weighted by Gasteiger charge is -2.34. The van der Waals surface area contributed by atoms with Crippen molar-refractivity contribution in [2.24, 2.45) is 0 Å². The van der Waals surface area contributed by atoms with E-state index in [1.54, 1.807) is 6.33 Å². The van der Waals surface area contributed by atoms with E-state index < -0.39 is 0 Å². The summed E-state index contributed by atoms with van der Waals surface area (Å²) in [7, 11) is 0. The molecule has 0 radical (unpaired) electrons. The number of imidazole rings is 1. The van der Waals surface area contributed by atoms with Gasteiger partial charge in [0.15, 0.2) is 5.82 Å². The molecule has 2 aromatic heterocycles. The number of likely N-dealkylation sites (tertiary alicyclic amines) is 1. The Kier molecular flexibility index (Phi) is 5.30. The first-order valence-corrected chi connectivity index (χ1v) is 11.5. The zero-order valence-corrected chi connectivity index (χ0v) is 19.0. The highest BCUT2D eigenvalue weighted by molar-refractivity contribution is 5.69. The second kappa shape index (κ2) is 8.11. The molecule has 7 nitrogen and oxygen atoms in total. The molecule has 0 unspecified atom stereocenters. The Labute approximate surface area is 184 Å². The van der Waals surface area contributed by atoms with Crippen molar-refractivity contribution in [3.8, 4) is 28.7 Å². The smallest absolute Gasteiger partial charge is 0.178 e. The van der Waals surface area contributed by atoms with Gasteiger partial charge in [0.05, 0.1) is 12.1 Å². The van der Waals surface area contributed by atoms with Crippen LogP contribution in [0.5, 0.6) is 5.75 Å². The first-order chi connectivity index (χ1) is 15.0. The zero-order chi connectivity index (χ0) is 21.5. The number of aromatic nitrogens is 5. The van der Waals surface area contributed by atoms with Crippen LogP contribution in [0.1, 0.15) is 58.1 Å². The molecule has 3 aromatic rings. The third kappa shape index (κ3) is 3.76. The standard InChI is InChI=1S/C24H32N6O/c1-16(2)28-9-7-18(8-10-28)19-5-6-20-22(13-19)31-12-11-29-14-21(27-23(20)29)24-25-15-26-30(24)17(3)4/h5-6,13-18H,7-12H2,1-4H3. The molecule has 4 heterocycles. The highest BCUT2D eigenvalue weighted by atomic mass is 16.5. The minimum absolute atomic E-state index is 0.235. The Morgan fingerprint density at radius 1 is 1.00 bits per heavy atom. The van der Waals surface area contributed by atoms with E-state index in [-0.39, 0.29) is 6.04 Å². The lowest BCUT2D eigenvalue weighted by molar-refractivity contribution is 0.172. The third-order valence-corrected chi connectivity index (χ3v) is 6.64. The molecule has 5 rings (SSSR count). The van der Waals surface area contributed by atoms with Crippen molar-refractivity contribution >= 4 is 0 Å². The minimum atomic E-state index is 0.235. The lowest BCUT2D eigenvalue weighted by Crippen LogP contribution is -2.37. The van der Waals surface area contributed by atoms with Crippen molar-refractivity contribution in [2.45, 2.75) is 65.1 Å². The molecule has 0 amide bonds. The van der Waals surface area contributed by atoms with Crippen LogP contribution in [0.15, 0.2) is 30.7 Å². The predicted molar refractivity (Wildman–Crippen MR) is 121 cm³/mol. The Balaban J connectivity index is 1.45. The highest BCUT2D eigenvalue weighted by Gasteiger charge is 2.25. The number of benzene rings is 1. The number of piperidine rings is 1. The van der Waals surface area contributed by atoms with Crippen LogP contribution in [-0.4, -0.2) is 55.0 Å². The fraction of sp³-hybridized carbons (Fsp3) is 0.542. The summed E-state index contributed by atoms with van der Waals surface area (Å²) in [6.45, 7) is 12.5. The van der Waals surface area contributed by atoms with E-state index >= 15 is 0 Å². The molecule has 2 aliphatic heterocycles. The molecule has 0 spiro atoms. The molecule has 2 aliphatic rings. The summed E-state index contributed by atoms with van der Waals surface area (Å²) in [5.41, 5.74) is 3.31. The average molecular weight is 421 g/mol. The fourth-order valence-electron chi connectivity index (χ4n) is 4.82. The second-order valence-corrected chi connectivity index (χ2v) is 9.27. The normalized spacial score (nSPS) is 17.5. The van der Waals surface area contributed by atoms with Gasteiger partial charge in [-0.1, -0.05) is 6.07 Å². The van der Waals surface area contributed by atoms with Gasteiger partial charge < -0.3 is 14.2 Å². The van der Waals surface area contributed by atoms with Crippen molar-refractivity contribution in [1.82, 2.24) is 29.2 Å². The fourth-order valence-corrected chi connectivity index (χ4v) is 4.82. The summed E-state index contributed by atoms with van der Waals surface area (Å²) in [4.78, 5) is 12.0. The van der Waals surface area contributed by atoms with Gasteiger partial charge in [-0.3, -0.25) is 0 Å². The van der Waals surface area contributed by atoms with Crippen LogP contribution in [0.2, 0.25) is 0 Å². The van der Waals surface area contributed by atoms with Crippen molar-refractivity contribution in [3.63, 3.8) is 0 Å². The van der Waals surface area contributed by atoms with E-state index in [0.717, 1.165) is 35.2 Å². The summed E-state index contributed by atoms with van der Waals surface area (Å²) < 4.78 is 10.3. The molecular weight excluding hydrogens is 388 g/mol. The van der Waals surface area contributed by atoms with Crippen LogP contribution in [0, 0.1) is 0 Å². The van der Waals surface area contributed by atoms with E-state index in [0.29, 0.717) is 18.6 Å². The van der Waals surface area contributed by atoms with Crippen LogP contribution in [0.4, 0.5) is 0 Å². The zero-order valence-electron chi connectivity index (χ0n) is 19.0. The SMILES string of the molecule is CC(C)N1CCC(c2ccc3c(c2)OCCn2cc(-c4ncnn4C(C)C)nc2-3)CC1. The number of hydrogen-bond acceptors (Lipinski definition) is 5. The van der Waals surface area contributed by atoms with E-state index in [1.165, 1.54) is 31.5 Å². The summed E-state index contributed by atoms with van der Waals surface area (Å²) in [6, 6.07) is 7.59. The van der Waals surface area contributed by atoms with Gasteiger partial charge in [-0.05, 0) is 77.2 Å². The van der Waals surface area contributed by atoms with Gasteiger partial charge in [0.25, 0.3) is 0 Å². The van der Waals surface area contributed by atoms with Gasteiger partial charge in [-0.2, -0.15) is 5.10 Å². The Bertz CT molecular complexity index is 1060. The molecular formula is C24H32N6O. The highest BCUT2D eigenvalue weighted by Crippen LogP contribution is 2.38. The van der Waals surface area contributed by atoms with Gasteiger partial charge in [0.2, 0.25) is 0 Å². The summed E-state index contributed by atoms with van der Waals surface area (Å²) in [5, 5.41) is 4.37. The van der Waals surface area contributed by atoms with Crippen LogP contribution < -0.4 is 4.74 Å². The Morgan fingerprint density at radius 3 is 2.55 bits per heavy atom. The number of rotatable bonds is 4. The number of ether oxygens (including phenoxy) is 1. The molecule has 1 fully saturated rings. The first kappa shape index (κ1) is 20.2. The van der Waals surface area contributed by atoms with E-state index in [1.807, 2.05) is 4.68 Å². The van der Waals surface area contributed by atoms with Gasteiger partial charge in [-0.25, -0.2) is 14.6 Å². The molecule has 0 atom stereocenters. The average Bonchev–Trinajstić information content (AvgIpc) is 3.38. The summed E-state index contributed by atoms with van der Waals surface area (Å²) >= 11 is 0. The Hall–Kier alpha value is -2.67. The van der Waals surface area contributed by atoms with Gasteiger partial charge in [0.1, 0.15) is 30.2 Å². The van der Waals surface area contributed by atoms with Crippen molar-refractivity contribution in [1.29, 1.82) is 0 Å². The van der Waals surface area contributed by atoms with Crippen LogP contribution in [0.25, 0.3) is 22.9 Å². The molecule has 0 aliphatic carbocycles. The number of fused-ring (bicyclic) bond motifs is 3. The number of hydrogen-bond donors (Lipinski definition) is 0. The molecule has 31 heavy (non-hydrogen) atoms. The van der Waals surface area contributed by atoms with E-state index in [9.17, 15) is 0 Å². The molecule has 0 N–H and O–H groups in total. The summed E-state index contributed by atoms with van der Waals surface area (Å²) in [5.74, 6) is 3.31. The largest absolute Gasteiger partial charge is 0.491 e. The van der Waals surface area contributed by atoms with Gasteiger partial charge in [0, 0.05) is 18.3 Å². The van der Waals surface area contributed by atoms with Crippen molar-refractivity contribution in [2.75, 3.05) is 19.7 Å². The lowest BCUT2D eigenvalue weighted by atomic mass is 9.88. The third-order valence-electron chi connectivity index (χ3n) is 6.64. The maximum atomic E-state index is 6.17. The molecule has 1 aromatic carbocycles. The minimum Gasteiger partial charge on any atom is -0.491 e. The second-order valence-electron chi connectivity index (χ2n) is 9.27. The van der Waals surface area contributed by atoms with E-state index in [4.69, 9.17) is 9.72 Å². The van der Waals surface area contributed by atoms with Crippen molar-refractivity contribution in [3.05, 3.63) is 36.3 Å². The quantitative estimate of drug-likeness (QED) is 0.627. The molecule has 164 valence electrons. The predicted octanol–water partition coefficient (Wildman–Crippen LogP) is 4.37. The first-order valence-electron chi connectivity index (χ1n) is 11.5. The summed E-state index contributed by atoms with van der Waals surface area (Å²) in [6.07, 6.45) is 6.10. The molecule has 1 saturated heterocycles. The van der Waals surface area contributed by atoms with Gasteiger partial charge >= 0.3 is 0 Å². The van der Waals surface area contributed by atoms with Crippen LogP contribution in [-0.2, 0) is 6.54 Å². The van der Waals surface area contributed by atoms with E-state index in [2.05, 4.69) is 71.6 Å². The monoisotopic (exact) mass is 420 g/mol. The molecule has 0 bridgehead atoms. The van der Waals surface area contributed by atoms with Crippen LogP contribution in [0.3, 0.4) is 0 Å². The van der Waals surface area contributed by atoms with Crippen molar-refractivity contribution < 1.29 is 4.74 Å².